The predicted molar refractivity (Wildman–Crippen MR) is 57.5 cm³/mol. The summed E-state index contributed by atoms with van der Waals surface area (Å²) in [5.74, 6) is -0.0588. The molecule has 1 aromatic rings. The summed E-state index contributed by atoms with van der Waals surface area (Å²) < 4.78 is 0. The molecule has 0 aliphatic carbocycles. The van der Waals surface area contributed by atoms with Crippen molar-refractivity contribution in [3.63, 3.8) is 0 Å². The van der Waals surface area contributed by atoms with Gasteiger partial charge in [0.2, 0.25) is 5.91 Å². The van der Waals surface area contributed by atoms with Crippen LogP contribution in [0, 0.1) is 11.3 Å². The van der Waals surface area contributed by atoms with Gasteiger partial charge in [0.05, 0.1) is 16.9 Å². The lowest BCUT2D eigenvalue weighted by Crippen LogP contribution is -2.18. The zero-order valence-corrected chi connectivity index (χ0v) is 8.37. The van der Waals surface area contributed by atoms with E-state index in [9.17, 15) is 4.79 Å². The second kappa shape index (κ2) is 3.62. The molecule has 4 nitrogen and oxygen atoms in total. The number of anilines is 2. The van der Waals surface area contributed by atoms with Crippen LogP contribution in [0.25, 0.3) is 0 Å². The molecular formula is C11H11N3O. The molecule has 76 valence electrons. The van der Waals surface area contributed by atoms with Gasteiger partial charge in [0.25, 0.3) is 0 Å². The van der Waals surface area contributed by atoms with Gasteiger partial charge in [-0.05, 0) is 19.1 Å². The first-order valence-electron chi connectivity index (χ1n) is 4.80. The highest BCUT2D eigenvalue weighted by Crippen LogP contribution is 2.29. The van der Waals surface area contributed by atoms with Crippen LogP contribution in [-0.4, -0.2) is 11.9 Å². The summed E-state index contributed by atoms with van der Waals surface area (Å²) in [5.41, 5.74) is 1.89. The molecular weight excluding hydrogens is 190 g/mol. The van der Waals surface area contributed by atoms with E-state index in [4.69, 9.17) is 5.26 Å². The average molecular weight is 201 g/mol. The van der Waals surface area contributed by atoms with Crippen molar-refractivity contribution in [1.82, 2.24) is 0 Å². The Balaban J connectivity index is 2.51. The molecule has 1 amide bonds. The van der Waals surface area contributed by atoms with Crippen molar-refractivity contribution in [2.45, 2.75) is 19.4 Å². The number of hydrogen-bond donors (Lipinski definition) is 2. The van der Waals surface area contributed by atoms with E-state index in [1.165, 1.54) is 0 Å². The minimum Gasteiger partial charge on any atom is -0.380 e. The number of benzene rings is 1. The lowest BCUT2D eigenvalue weighted by atomic mass is 10.1. The van der Waals surface area contributed by atoms with Crippen LogP contribution in [-0.2, 0) is 4.79 Å². The Morgan fingerprint density at radius 2 is 2.33 bits per heavy atom. The largest absolute Gasteiger partial charge is 0.380 e. The fraction of sp³-hybridized carbons (Fsp3) is 0.273. The van der Waals surface area contributed by atoms with Gasteiger partial charge < -0.3 is 10.6 Å². The Hall–Kier alpha value is -2.02. The highest BCUT2D eigenvalue weighted by molar-refractivity contribution is 5.98. The maximum absolute atomic E-state index is 11.5. The number of hydrogen-bond acceptors (Lipinski definition) is 3. The first-order valence-corrected chi connectivity index (χ1v) is 4.80. The van der Waals surface area contributed by atoms with Crippen molar-refractivity contribution >= 4 is 17.3 Å². The first-order chi connectivity index (χ1) is 7.20. The van der Waals surface area contributed by atoms with Crippen LogP contribution in [0.5, 0.6) is 0 Å². The standard InChI is InChI=1S/C11H11N3O/c1-7-5-10(15)14-11-8(6-12)3-2-4-9(11)13-7/h2-4,7,13H,5H2,1H3,(H,14,15). The summed E-state index contributed by atoms with van der Waals surface area (Å²) in [6, 6.07) is 7.50. The van der Waals surface area contributed by atoms with E-state index in [0.29, 0.717) is 17.7 Å². The van der Waals surface area contributed by atoms with Gasteiger partial charge in [-0.2, -0.15) is 5.26 Å². The smallest absolute Gasteiger partial charge is 0.226 e. The van der Waals surface area contributed by atoms with Crippen molar-refractivity contribution in [1.29, 1.82) is 5.26 Å². The van der Waals surface area contributed by atoms with Crippen LogP contribution in [0.2, 0.25) is 0 Å². The minimum absolute atomic E-state index is 0.0588. The monoisotopic (exact) mass is 201 g/mol. The molecule has 0 aromatic heterocycles. The highest BCUT2D eigenvalue weighted by Gasteiger charge is 2.19. The van der Waals surface area contributed by atoms with Gasteiger partial charge in [-0.1, -0.05) is 6.07 Å². The molecule has 0 saturated carbocycles. The van der Waals surface area contributed by atoms with E-state index in [-0.39, 0.29) is 11.9 Å². The second-order valence-electron chi connectivity index (χ2n) is 3.64. The zero-order chi connectivity index (χ0) is 10.8. The van der Waals surface area contributed by atoms with E-state index in [2.05, 4.69) is 16.7 Å². The van der Waals surface area contributed by atoms with Crippen molar-refractivity contribution in [3.8, 4) is 6.07 Å². The Morgan fingerprint density at radius 3 is 3.07 bits per heavy atom. The fourth-order valence-electron chi connectivity index (χ4n) is 1.69. The average Bonchev–Trinajstić information content (AvgIpc) is 2.33. The molecule has 0 saturated heterocycles. The molecule has 1 aliphatic rings. The lowest BCUT2D eigenvalue weighted by molar-refractivity contribution is -0.116. The van der Waals surface area contributed by atoms with Crippen molar-refractivity contribution in [3.05, 3.63) is 23.8 Å². The summed E-state index contributed by atoms with van der Waals surface area (Å²) in [4.78, 5) is 11.5. The van der Waals surface area contributed by atoms with Gasteiger partial charge in [-0.3, -0.25) is 4.79 Å². The molecule has 15 heavy (non-hydrogen) atoms. The van der Waals surface area contributed by atoms with Gasteiger partial charge >= 0.3 is 0 Å². The van der Waals surface area contributed by atoms with E-state index in [1.54, 1.807) is 12.1 Å². The second-order valence-corrected chi connectivity index (χ2v) is 3.64. The van der Waals surface area contributed by atoms with Crippen LogP contribution >= 0.6 is 0 Å². The van der Waals surface area contributed by atoms with Gasteiger partial charge in [0.15, 0.2) is 0 Å². The van der Waals surface area contributed by atoms with E-state index in [1.807, 2.05) is 13.0 Å². The van der Waals surface area contributed by atoms with Gasteiger partial charge in [-0.25, -0.2) is 0 Å². The number of carbonyl (C=O) groups is 1. The first kappa shape index (κ1) is 9.53. The fourth-order valence-corrected chi connectivity index (χ4v) is 1.69. The third-order valence-electron chi connectivity index (χ3n) is 2.34. The van der Waals surface area contributed by atoms with E-state index < -0.39 is 0 Å². The van der Waals surface area contributed by atoms with E-state index >= 15 is 0 Å². The van der Waals surface area contributed by atoms with Crippen LogP contribution < -0.4 is 10.6 Å². The van der Waals surface area contributed by atoms with Crippen LogP contribution in [0.1, 0.15) is 18.9 Å². The molecule has 2 N–H and O–H groups in total. The number of rotatable bonds is 0. The van der Waals surface area contributed by atoms with Gasteiger partial charge in [0.1, 0.15) is 6.07 Å². The minimum atomic E-state index is -0.0588. The Kier molecular flexibility index (Phi) is 2.30. The summed E-state index contributed by atoms with van der Waals surface area (Å²) in [7, 11) is 0. The predicted octanol–water partition coefficient (Wildman–Crippen LogP) is 1.70. The molecule has 2 rings (SSSR count). The molecule has 1 atom stereocenters. The summed E-state index contributed by atoms with van der Waals surface area (Å²) in [6.45, 7) is 1.94. The molecule has 1 unspecified atom stereocenters. The molecule has 1 heterocycles. The van der Waals surface area contributed by atoms with Crippen LogP contribution in [0.4, 0.5) is 11.4 Å². The van der Waals surface area contributed by atoms with Gasteiger partial charge in [-0.15, -0.1) is 0 Å². The number of fused-ring (bicyclic) bond motifs is 1. The zero-order valence-electron chi connectivity index (χ0n) is 8.37. The number of nitriles is 1. The summed E-state index contributed by atoms with van der Waals surface area (Å²) in [5, 5.41) is 14.8. The third kappa shape index (κ3) is 1.77. The maximum Gasteiger partial charge on any atom is 0.226 e. The molecule has 1 aliphatic heterocycles. The summed E-state index contributed by atoms with van der Waals surface area (Å²) >= 11 is 0. The molecule has 0 spiro atoms. The van der Waals surface area contributed by atoms with E-state index in [0.717, 1.165) is 5.69 Å². The number of para-hydroxylation sites is 1. The van der Waals surface area contributed by atoms with Crippen LogP contribution in [0.3, 0.4) is 0 Å². The van der Waals surface area contributed by atoms with Gasteiger partial charge in [0, 0.05) is 12.5 Å². The number of nitrogens with zero attached hydrogens (tertiary/aromatic N) is 1. The van der Waals surface area contributed by atoms with Crippen molar-refractivity contribution < 1.29 is 4.79 Å². The molecule has 0 radical (unpaired) electrons. The number of nitrogens with one attached hydrogen (secondary N) is 2. The molecule has 0 fully saturated rings. The number of amides is 1. The quantitative estimate of drug-likeness (QED) is 0.671. The topological polar surface area (TPSA) is 64.9 Å². The molecule has 1 aromatic carbocycles. The Morgan fingerprint density at radius 1 is 1.53 bits per heavy atom. The third-order valence-corrected chi connectivity index (χ3v) is 2.34. The Labute approximate surface area is 87.9 Å². The molecule has 0 bridgehead atoms. The van der Waals surface area contributed by atoms with Crippen LogP contribution in [0.15, 0.2) is 18.2 Å². The maximum atomic E-state index is 11.5. The summed E-state index contributed by atoms with van der Waals surface area (Å²) in [6.07, 6.45) is 0.416. The Bertz CT molecular complexity index is 448. The molecule has 4 heteroatoms. The normalized spacial score (nSPS) is 19.2. The van der Waals surface area contributed by atoms with Crippen molar-refractivity contribution in [2.24, 2.45) is 0 Å². The highest BCUT2D eigenvalue weighted by atomic mass is 16.1. The number of carbonyl (C=O) groups excluding carboxylic acids is 1. The lowest BCUT2D eigenvalue weighted by Gasteiger charge is -2.11. The SMILES string of the molecule is CC1CC(=O)Nc2c(C#N)cccc2N1. The van der Waals surface area contributed by atoms with Crippen molar-refractivity contribution in [2.75, 3.05) is 10.6 Å².